The summed E-state index contributed by atoms with van der Waals surface area (Å²) in [7, 11) is 1.74. The average molecular weight is 349 g/mol. The van der Waals surface area contributed by atoms with Crippen molar-refractivity contribution >= 4 is 11.6 Å². The average Bonchev–Trinajstić information content (AvgIpc) is 2.66. The standard InChI is InChI=1S/C21H23N3O2/c1-4-16-5-7-17(8-6-16)15(2)23-21(26)18(13-22)14-24(3)19-9-11-20(25)12-10-19/h5-12,14-15,25H,4H2,1-3H3,(H,23,26)/b18-14-. The van der Waals surface area contributed by atoms with Gasteiger partial charge in [0.2, 0.25) is 0 Å². The first-order chi connectivity index (χ1) is 12.4. The van der Waals surface area contributed by atoms with E-state index in [1.54, 1.807) is 36.2 Å². The van der Waals surface area contributed by atoms with Crippen molar-refractivity contribution in [1.29, 1.82) is 5.26 Å². The molecule has 26 heavy (non-hydrogen) atoms. The minimum atomic E-state index is -0.426. The van der Waals surface area contributed by atoms with Crippen molar-refractivity contribution in [2.45, 2.75) is 26.3 Å². The van der Waals surface area contributed by atoms with E-state index in [2.05, 4.69) is 12.2 Å². The van der Waals surface area contributed by atoms with E-state index in [4.69, 9.17) is 0 Å². The molecular weight excluding hydrogens is 326 g/mol. The van der Waals surface area contributed by atoms with Crippen LogP contribution in [0, 0.1) is 11.3 Å². The van der Waals surface area contributed by atoms with Crippen LogP contribution < -0.4 is 10.2 Å². The van der Waals surface area contributed by atoms with Crippen LogP contribution in [0.3, 0.4) is 0 Å². The number of anilines is 1. The van der Waals surface area contributed by atoms with Crippen LogP contribution in [-0.2, 0) is 11.2 Å². The quantitative estimate of drug-likeness (QED) is 0.616. The Kier molecular flexibility index (Phi) is 6.40. The number of amides is 1. The van der Waals surface area contributed by atoms with E-state index in [1.807, 2.05) is 37.3 Å². The van der Waals surface area contributed by atoms with Gasteiger partial charge in [0.15, 0.2) is 0 Å². The number of hydrogen-bond acceptors (Lipinski definition) is 4. The van der Waals surface area contributed by atoms with Gasteiger partial charge < -0.3 is 15.3 Å². The number of carbonyl (C=O) groups excluding carboxylic acids is 1. The molecule has 1 amide bonds. The van der Waals surface area contributed by atoms with Gasteiger partial charge in [0.25, 0.3) is 5.91 Å². The monoisotopic (exact) mass is 349 g/mol. The van der Waals surface area contributed by atoms with Crippen molar-refractivity contribution in [2.24, 2.45) is 0 Å². The predicted molar refractivity (Wildman–Crippen MR) is 103 cm³/mol. The summed E-state index contributed by atoms with van der Waals surface area (Å²) in [5, 5.41) is 21.5. The first kappa shape index (κ1) is 19.1. The van der Waals surface area contributed by atoms with Gasteiger partial charge >= 0.3 is 0 Å². The maximum absolute atomic E-state index is 12.4. The fraction of sp³-hybridized carbons (Fsp3) is 0.238. The highest BCUT2D eigenvalue weighted by atomic mass is 16.3. The number of hydrogen-bond donors (Lipinski definition) is 2. The lowest BCUT2D eigenvalue weighted by molar-refractivity contribution is -0.117. The molecule has 2 rings (SSSR count). The van der Waals surface area contributed by atoms with Gasteiger partial charge in [0.1, 0.15) is 17.4 Å². The Hall–Kier alpha value is -3.26. The molecule has 0 saturated heterocycles. The SMILES string of the molecule is CCc1ccc(C(C)NC(=O)/C(C#N)=C\N(C)c2ccc(O)cc2)cc1. The number of nitrogens with one attached hydrogen (secondary N) is 1. The Morgan fingerprint density at radius 1 is 1.23 bits per heavy atom. The summed E-state index contributed by atoms with van der Waals surface area (Å²) in [6, 6.07) is 16.3. The van der Waals surface area contributed by atoms with E-state index in [1.165, 1.54) is 11.8 Å². The molecule has 1 unspecified atom stereocenters. The smallest absolute Gasteiger partial charge is 0.263 e. The number of phenolic OH excluding ortho intramolecular Hbond substituents is 1. The van der Waals surface area contributed by atoms with Gasteiger partial charge in [-0.1, -0.05) is 31.2 Å². The molecule has 134 valence electrons. The van der Waals surface area contributed by atoms with Gasteiger partial charge in [0, 0.05) is 18.9 Å². The molecule has 0 radical (unpaired) electrons. The molecule has 0 bridgehead atoms. The number of benzene rings is 2. The number of rotatable bonds is 6. The maximum atomic E-state index is 12.4. The summed E-state index contributed by atoms with van der Waals surface area (Å²) in [6.45, 7) is 3.98. The van der Waals surface area contributed by atoms with Crippen LogP contribution in [0.15, 0.2) is 60.3 Å². The summed E-state index contributed by atoms with van der Waals surface area (Å²) < 4.78 is 0. The molecule has 2 N–H and O–H groups in total. The van der Waals surface area contributed by atoms with Crippen molar-refractivity contribution in [1.82, 2.24) is 5.32 Å². The molecule has 0 aliphatic rings. The van der Waals surface area contributed by atoms with Gasteiger partial charge in [-0.05, 0) is 48.7 Å². The summed E-state index contributed by atoms with van der Waals surface area (Å²) in [6.07, 6.45) is 2.44. The highest BCUT2D eigenvalue weighted by Crippen LogP contribution is 2.19. The normalized spacial score (nSPS) is 12.2. The molecule has 0 saturated carbocycles. The first-order valence-corrected chi connectivity index (χ1v) is 8.48. The Balaban J connectivity index is 2.09. The molecule has 0 aromatic heterocycles. The van der Waals surface area contributed by atoms with Crippen molar-refractivity contribution in [3.63, 3.8) is 0 Å². The molecule has 1 atom stereocenters. The van der Waals surface area contributed by atoms with Crippen molar-refractivity contribution in [3.05, 3.63) is 71.4 Å². The molecular formula is C21H23N3O2. The lowest BCUT2D eigenvalue weighted by Crippen LogP contribution is -2.28. The van der Waals surface area contributed by atoms with Crippen LogP contribution in [0.25, 0.3) is 0 Å². The minimum absolute atomic E-state index is 0.0117. The van der Waals surface area contributed by atoms with Crippen LogP contribution in [-0.4, -0.2) is 18.1 Å². The number of carbonyl (C=O) groups is 1. The number of nitriles is 1. The summed E-state index contributed by atoms with van der Waals surface area (Å²) in [5.41, 5.74) is 2.99. The Morgan fingerprint density at radius 2 is 1.85 bits per heavy atom. The zero-order valence-electron chi connectivity index (χ0n) is 15.2. The zero-order valence-corrected chi connectivity index (χ0v) is 15.2. The lowest BCUT2D eigenvalue weighted by Gasteiger charge is -2.17. The minimum Gasteiger partial charge on any atom is -0.508 e. The number of aryl methyl sites for hydroxylation is 1. The fourth-order valence-corrected chi connectivity index (χ4v) is 2.49. The molecule has 2 aromatic carbocycles. The predicted octanol–water partition coefficient (Wildman–Crippen LogP) is 3.68. The van der Waals surface area contributed by atoms with Gasteiger partial charge in [0.05, 0.1) is 6.04 Å². The number of aromatic hydroxyl groups is 1. The van der Waals surface area contributed by atoms with Crippen LogP contribution in [0.4, 0.5) is 5.69 Å². The van der Waals surface area contributed by atoms with E-state index in [-0.39, 0.29) is 17.4 Å². The van der Waals surface area contributed by atoms with E-state index in [9.17, 15) is 15.2 Å². The van der Waals surface area contributed by atoms with Gasteiger partial charge in [-0.15, -0.1) is 0 Å². The first-order valence-electron chi connectivity index (χ1n) is 8.48. The number of nitrogens with zero attached hydrogens (tertiary/aromatic N) is 2. The maximum Gasteiger partial charge on any atom is 0.263 e. The Bertz CT molecular complexity index is 818. The molecule has 0 spiro atoms. The largest absolute Gasteiger partial charge is 0.508 e. The van der Waals surface area contributed by atoms with Crippen LogP contribution in [0.5, 0.6) is 5.75 Å². The van der Waals surface area contributed by atoms with E-state index < -0.39 is 5.91 Å². The summed E-state index contributed by atoms with van der Waals surface area (Å²) in [4.78, 5) is 14.1. The van der Waals surface area contributed by atoms with Crippen molar-refractivity contribution < 1.29 is 9.90 Å². The molecule has 0 aliphatic carbocycles. The topological polar surface area (TPSA) is 76.4 Å². The van der Waals surface area contributed by atoms with E-state index in [0.29, 0.717) is 0 Å². The van der Waals surface area contributed by atoms with Gasteiger partial charge in [-0.3, -0.25) is 4.79 Å². The van der Waals surface area contributed by atoms with Crippen LogP contribution in [0.2, 0.25) is 0 Å². The van der Waals surface area contributed by atoms with Gasteiger partial charge in [-0.25, -0.2) is 0 Å². The highest BCUT2D eigenvalue weighted by molar-refractivity contribution is 5.97. The third kappa shape index (κ3) is 4.87. The zero-order chi connectivity index (χ0) is 19.1. The molecule has 0 aliphatic heterocycles. The highest BCUT2D eigenvalue weighted by Gasteiger charge is 2.15. The molecule has 5 nitrogen and oxygen atoms in total. The van der Waals surface area contributed by atoms with Gasteiger partial charge in [-0.2, -0.15) is 5.26 Å². The van der Waals surface area contributed by atoms with Crippen LogP contribution >= 0.6 is 0 Å². The lowest BCUT2D eigenvalue weighted by atomic mass is 10.0. The summed E-state index contributed by atoms with van der Waals surface area (Å²) in [5.74, 6) is -0.266. The Labute approximate surface area is 154 Å². The second-order valence-electron chi connectivity index (χ2n) is 6.07. The van der Waals surface area contributed by atoms with E-state index in [0.717, 1.165) is 17.7 Å². The molecule has 0 heterocycles. The summed E-state index contributed by atoms with van der Waals surface area (Å²) >= 11 is 0. The molecule has 0 fully saturated rings. The fourth-order valence-electron chi connectivity index (χ4n) is 2.49. The second kappa shape index (κ2) is 8.72. The number of phenols is 1. The van der Waals surface area contributed by atoms with Crippen LogP contribution in [0.1, 0.15) is 31.0 Å². The van der Waals surface area contributed by atoms with Crippen molar-refractivity contribution in [2.75, 3.05) is 11.9 Å². The third-order valence-electron chi connectivity index (χ3n) is 4.18. The van der Waals surface area contributed by atoms with E-state index >= 15 is 0 Å². The molecule has 5 heteroatoms. The molecule has 2 aromatic rings. The third-order valence-corrected chi connectivity index (χ3v) is 4.18. The second-order valence-corrected chi connectivity index (χ2v) is 6.07. The van der Waals surface area contributed by atoms with Crippen molar-refractivity contribution in [3.8, 4) is 11.8 Å². The Morgan fingerprint density at radius 3 is 2.38 bits per heavy atom.